The van der Waals surface area contributed by atoms with Crippen molar-refractivity contribution in [2.24, 2.45) is 7.05 Å². The summed E-state index contributed by atoms with van der Waals surface area (Å²) in [5.74, 6) is 1.04. The molecule has 3 aromatic heterocycles. The molecule has 0 spiro atoms. The van der Waals surface area contributed by atoms with Crippen LogP contribution in [0.25, 0.3) is 5.95 Å². The van der Waals surface area contributed by atoms with Crippen LogP contribution in [0, 0.1) is 0 Å². The van der Waals surface area contributed by atoms with E-state index in [1.807, 2.05) is 19.4 Å². The maximum atomic E-state index is 5.70. The van der Waals surface area contributed by atoms with Gasteiger partial charge in [0.25, 0.3) is 0 Å². The van der Waals surface area contributed by atoms with Crippen molar-refractivity contribution in [2.45, 2.75) is 6.42 Å². The third-order valence-electron chi connectivity index (χ3n) is 2.83. The van der Waals surface area contributed by atoms with Gasteiger partial charge in [0.05, 0.1) is 6.20 Å². The number of aryl methyl sites for hydroxylation is 1. The predicted molar refractivity (Wildman–Crippen MR) is 76.8 cm³/mol. The molecule has 0 aromatic carbocycles. The third kappa shape index (κ3) is 3.14. The smallest absolute Gasteiger partial charge is 0.241 e. The van der Waals surface area contributed by atoms with Crippen LogP contribution in [0.15, 0.2) is 31.1 Å². The molecule has 3 rings (SSSR count). The number of aromatic nitrogens is 7. The van der Waals surface area contributed by atoms with Gasteiger partial charge in [-0.05, 0) is 12.0 Å². The topological polar surface area (TPSA) is 112 Å². The lowest BCUT2D eigenvalue weighted by Crippen LogP contribution is -2.12. The van der Waals surface area contributed by atoms with Gasteiger partial charge in [-0.3, -0.25) is 9.25 Å². The summed E-state index contributed by atoms with van der Waals surface area (Å²) in [6.45, 7) is 0.679. The zero-order chi connectivity index (χ0) is 14.7. The summed E-state index contributed by atoms with van der Waals surface area (Å²) >= 11 is 0. The van der Waals surface area contributed by atoms with Gasteiger partial charge >= 0.3 is 0 Å². The molecule has 0 atom stereocenters. The van der Waals surface area contributed by atoms with Crippen molar-refractivity contribution in [1.29, 1.82) is 0 Å². The Balaban J connectivity index is 1.68. The highest BCUT2D eigenvalue weighted by Gasteiger charge is 2.06. The standard InChI is InChI=1S/C12H15N9/c1-20-7-9(6-16-20)2-3-15-11-17-10(13)18-12(19-11)21-5-4-14-8-21/h4-8H,2-3H2,1H3,(H3,13,15,17,18,19). The highest BCUT2D eigenvalue weighted by atomic mass is 15.3. The third-order valence-corrected chi connectivity index (χ3v) is 2.83. The molecule has 0 unspecified atom stereocenters. The van der Waals surface area contributed by atoms with E-state index < -0.39 is 0 Å². The van der Waals surface area contributed by atoms with Crippen molar-refractivity contribution in [3.63, 3.8) is 0 Å². The highest BCUT2D eigenvalue weighted by Crippen LogP contribution is 2.07. The molecule has 3 aromatic rings. The van der Waals surface area contributed by atoms with Crippen LogP contribution in [0.5, 0.6) is 0 Å². The van der Waals surface area contributed by atoms with E-state index in [1.165, 1.54) is 0 Å². The maximum absolute atomic E-state index is 5.70. The SMILES string of the molecule is Cn1cc(CCNc2nc(N)nc(-n3ccnc3)n2)cn1. The fourth-order valence-corrected chi connectivity index (χ4v) is 1.87. The van der Waals surface area contributed by atoms with Gasteiger partial charge in [0.2, 0.25) is 17.8 Å². The van der Waals surface area contributed by atoms with Gasteiger partial charge in [0, 0.05) is 32.2 Å². The van der Waals surface area contributed by atoms with Gasteiger partial charge < -0.3 is 11.1 Å². The fraction of sp³-hybridized carbons (Fsp3) is 0.250. The summed E-state index contributed by atoms with van der Waals surface area (Å²) in [6, 6.07) is 0. The number of hydrogen-bond donors (Lipinski definition) is 2. The quantitative estimate of drug-likeness (QED) is 0.680. The average molecular weight is 285 g/mol. The lowest BCUT2D eigenvalue weighted by Gasteiger charge is -2.06. The minimum atomic E-state index is 0.164. The van der Waals surface area contributed by atoms with Crippen LogP contribution in [0.4, 0.5) is 11.9 Å². The molecule has 0 radical (unpaired) electrons. The molecular formula is C12H15N9. The lowest BCUT2D eigenvalue weighted by molar-refractivity contribution is 0.766. The van der Waals surface area contributed by atoms with Crippen molar-refractivity contribution >= 4 is 11.9 Å². The first-order chi connectivity index (χ1) is 10.2. The van der Waals surface area contributed by atoms with E-state index in [4.69, 9.17) is 5.73 Å². The number of imidazole rings is 1. The van der Waals surface area contributed by atoms with Gasteiger partial charge in [-0.2, -0.15) is 20.1 Å². The molecule has 3 N–H and O–H groups in total. The summed E-state index contributed by atoms with van der Waals surface area (Å²) in [7, 11) is 1.89. The Hall–Kier alpha value is -2.97. The molecular weight excluding hydrogens is 270 g/mol. The van der Waals surface area contributed by atoms with Crippen molar-refractivity contribution in [3.8, 4) is 5.95 Å². The van der Waals surface area contributed by atoms with E-state index in [2.05, 4.69) is 30.4 Å². The lowest BCUT2D eigenvalue weighted by atomic mass is 10.2. The molecule has 0 saturated heterocycles. The number of anilines is 2. The van der Waals surface area contributed by atoms with Gasteiger partial charge in [-0.25, -0.2) is 4.98 Å². The zero-order valence-corrected chi connectivity index (χ0v) is 11.5. The molecule has 0 aliphatic heterocycles. The van der Waals surface area contributed by atoms with Gasteiger partial charge in [-0.15, -0.1) is 0 Å². The molecule has 0 bridgehead atoms. The monoisotopic (exact) mass is 285 g/mol. The summed E-state index contributed by atoms with van der Waals surface area (Å²) in [4.78, 5) is 16.4. The average Bonchev–Trinajstić information content (AvgIpc) is 3.10. The van der Waals surface area contributed by atoms with Crippen molar-refractivity contribution in [3.05, 3.63) is 36.7 Å². The Labute approximate surface area is 120 Å². The van der Waals surface area contributed by atoms with Crippen molar-refractivity contribution < 1.29 is 0 Å². The summed E-state index contributed by atoms with van der Waals surface area (Å²) in [5.41, 5.74) is 6.84. The number of nitrogens with one attached hydrogen (secondary N) is 1. The second-order valence-corrected chi connectivity index (χ2v) is 4.49. The van der Waals surface area contributed by atoms with Crippen LogP contribution in [0.3, 0.4) is 0 Å². The fourth-order valence-electron chi connectivity index (χ4n) is 1.87. The Bertz CT molecular complexity index is 716. The zero-order valence-electron chi connectivity index (χ0n) is 11.5. The first-order valence-corrected chi connectivity index (χ1v) is 6.42. The summed E-state index contributed by atoms with van der Waals surface area (Å²) in [5, 5.41) is 7.25. The van der Waals surface area contributed by atoms with Gasteiger partial charge in [0.1, 0.15) is 6.33 Å². The highest BCUT2D eigenvalue weighted by molar-refractivity contribution is 5.35. The minimum Gasteiger partial charge on any atom is -0.368 e. The van der Waals surface area contributed by atoms with E-state index in [0.29, 0.717) is 18.4 Å². The Kier molecular flexibility index (Phi) is 3.46. The van der Waals surface area contributed by atoms with E-state index in [9.17, 15) is 0 Å². The number of rotatable bonds is 5. The van der Waals surface area contributed by atoms with E-state index in [0.717, 1.165) is 12.0 Å². The van der Waals surface area contributed by atoms with Crippen molar-refractivity contribution in [2.75, 3.05) is 17.6 Å². The van der Waals surface area contributed by atoms with E-state index in [1.54, 1.807) is 28.0 Å². The molecule has 0 saturated carbocycles. The predicted octanol–water partition coefficient (Wildman–Crippen LogP) is 0.0276. The van der Waals surface area contributed by atoms with Crippen LogP contribution in [0.1, 0.15) is 5.56 Å². The Morgan fingerprint density at radius 2 is 2.19 bits per heavy atom. The van der Waals surface area contributed by atoms with Crippen LogP contribution >= 0.6 is 0 Å². The summed E-state index contributed by atoms with van der Waals surface area (Å²) in [6.07, 6.45) is 9.62. The van der Waals surface area contributed by atoms with Crippen LogP contribution in [0.2, 0.25) is 0 Å². The number of nitrogens with two attached hydrogens (primary N) is 1. The number of hydrogen-bond acceptors (Lipinski definition) is 7. The van der Waals surface area contributed by atoms with Crippen LogP contribution in [-0.2, 0) is 13.5 Å². The molecule has 3 heterocycles. The van der Waals surface area contributed by atoms with Gasteiger partial charge in [0.15, 0.2) is 0 Å². The number of nitrogen functional groups attached to an aromatic ring is 1. The largest absolute Gasteiger partial charge is 0.368 e. The molecule has 108 valence electrons. The molecule has 0 amide bonds. The molecule has 9 heteroatoms. The molecule has 0 aliphatic rings. The van der Waals surface area contributed by atoms with Crippen LogP contribution in [-0.4, -0.2) is 40.8 Å². The number of nitrogens with zero attached hydrogens (tertiary/aromatic N) is 7. The van der Waals surface area contributed by atoms with E-state index >= 15 is 0 Å². The second kappa shape index (κ2) is 5.57. The first-order valence-electron chi connectivity index (χ1n) is 6.42. The normalized spacial score (nSPS) is 10.7. The molecule has 0 fully saturated rings. The summed E-state index contributed by atoms with van der Waals surface area (Å²) < 4.78 is 3.44. The molecule has 9 nitrogen and oxygen atoms in total. The van der Waals surface area contributed by atoms with Gasteiger partial charge in [-0.1, -0.05) is 0 Å². The van der Waals surface area contributed by atoms with Crippen LogP contribution < -0.4 is 11.1 Å². The molecule has 0 aliphatic carbocycles. The Morgan fingerprint density at radius 1 is 1.29 bits per heavy atom. The molecule has 21 heavy (non-hydrogen) atoms. The second-order valence-electron chi connectivity index (χ2n) is 4.49. The maximum Gasteiger partial charge on any atom is 0.241 e. The van der Waals surface area contributed by atoms with Crippen molar-refractivity contribution in [1.82, 2.24) is 34.3 Å². The minimum absolute atomic E-state index is 0.164. The van der Waals surface area contributed by atoms with E-state index in [-0.39, 0.29) is 5.95 Å². The first kappa shape index (κ1) is 13.0. The Morgan fingerprint density at radius 3 is 2.90 bits per heavy atom.